The number of likely N-dealkylation sites (N-methyl/N-ethyl adjacent to an activating group) is 2. The fourth-order valence-electron chi connectivity index (χ4n) is 4.22. The number of rotatable bonds is 3. The van der Waals surface area contributed by atoms with Crippen molar-refractivity contribution in [2.45, 2.75) is 38.3 Å². The number of carbonyl (C=O) groups excluding carboxylic acids is 1. The number of hydrogen-bond acceptors (Lipinski definition) is 4. The highest BCUT2D eigenvalue weighted by Gasteiger charge is 2.52. The van der Waals surface area contributed by atoms with Crippen LogP contribution in [0.3, 0.4) is 0 Å². The van der Waals surface area contributed by atoms with Crippen molar-refractivity contribution >= 4 is 11.8 Å². The molecule has 2 atom stereocenters. The van der Waals surface area contributed by atoms with Crippen LogP contribution in [0.15, 0.2) is 18.2 Å². The lowest BCUT2D eigenvalue weighted by Crippen LogP contribution is -2.45. The maximum absolute atomic E-state index is 12.1. The second-order valence-corrected chi connectivity index (χ2v) is 7.10. The lowest BCUT2D eigenvalue weighted by atomic mass is 9.81. The fourth-order valence-corrected chi connectivity index (χ4v) is 4.22. The number of carbonyl (C=O) groups is 1. The molecule has 23 heavy (non-hydrogen) atoms. The number of hydrogen-bond donors (Lipinski definition) is 0. The molecule has 0 unspecified atom stereocenters. The van der Waals surface area contributed by atoms with Gasteiger partial charge in [0, 0.05) is 38.3 Å². The zero-order valence-corrected chi connectivity index (χ0v) is 14.8. The SMILES string of the molecule is CCCN(C)C(=O)Oc1ccc2c(c1)[C@]1(C)CCN(C)[C@@H]1N2C. The van der Waals surface area contributed by atoms with Crippen molar-refractivity contribution in [3.63, 3.8) is 0 Å². The summed E-state index contributed by atoms with van der Waals surface area (Å²) in [5.41, 5.74) is 2.62. The third-order valence-electron chi connectivity index (χ3n) is 5.38. The smallest absolute Gasteiger partial charge is 0.410 e. The van der Waals surface area contributed by atoms with E-state index in [2.05, 4.69) is 43.0 Å². The van der Waals surface area contributed by atoms with E-state index in [4.69, 9.17) is 4.74 Å². The minimum atomic E-state index is -0.289. The van der Waals surface area contributed by atoms with Gasteiger partial charge in [-0.05, 0) is 43.7 Å². The van der Waals surface area contributed by atoms with Crippen LogP contribution in [0.25, 0.3) is 0 Å². The average molecular weight is 317 g/mol. The third kappa shape index (κ3) is 2.47. The Morgan fingerprint density at radius 3 is 2.87 bits per heavy atom. The maximum atomic E-state index is 12.1. The van der Waals surface area contributed by atoms with Gasteiger partial charge in [0.1, 0.15) is 5.75 Å². The van der Waals surface area contributed by atoms with Crippen LogP contribution in [-0.2, 0) is 5.41 Å². The Bertz CT molecular complexity index is 618. The highest BCUT2D eigenvalue weighted by Crippen LogP contribution is 2.51. The lowest BCUT2D eigenvalue weighted by Gasteiger charge is -2.32. The van der Waals surface area contributed by atoms with Crippen LogP contribution in [0, 0.1) is 0 Å². The highest BCUT2D eigenvalue weighted by atomic mass is 16.6. The normalized spacial score (nSPS) is 26.1. The Morgan fingerprint density at radius 2 is 2.17 bits per heavy atom. The monoisotopic (exact) mass is 317 g/mol. The van der Waals surface area contributed by atoms with Crippen molar-refractivity contribution in [1.29, 1.82) is 0 Å². The summed E-state index contributed by atoms with van der Waals surface area (Å²) in [4.78, 5) is 18.5. The van der Waals surface area contributed by atoms with Crippen molar-refractivity contribution in [3.05, 3.63) is 23.8 Å². The summed E-state index contributed by atoms with van der Waals surface area (Å²) in [6.07, 6.45) is 2.14. The van der Waals surface area contributed by atoms with Crippen LogP contribution >= 0.6 is 0 Å². The quantitative estimate of drug-likeness (QED) is 0.859. The molecule has 0 aliphatic carbocycles. The zero-order chi connectivity index (χ0) is 16.8. The molecule has 1 aromatic rings. The molecule has 5 heteroatoms. The minimum absolute atomic E-state index is 0.0938. The highest BCUT2D eigenvalue weighted by molar-refractivity contribution is 5.72. The number of ether oxygens (including phenoxy) is 1. The molecule has 2 aliphatic heterocycles. The Balaban J connectivity index is 1.87. The van der Waals surface area contributed by atoms with Gasteiger partial charge in [-0.15, -0.1) is 0 Å². The second kappa shape index (κ2) is 5.71. The Hall–Kier alpha value is -1.75. The van der Waals surface area contributed by atoms with E-state index in [1.165, 1.54) is 11.3 Å². The van der Waals surface area contributed by atoms with Crippen molar-refractivity contribution in [3.8, 4) is 5.75 Å². The van der Waals surface area contributed by atoms with Crippen LogP contribution in [0.2, 0.25) is 0 Å². The fraction of sp³-hybridized carbons (Fsp3) is 0.611. The van der Waals surface area contributed by atoms with Crippen molar-refractivity contribution < 1.29 is 9.53 Å². The number of benzene rings is 1. The maximum Gasteiger partial charge on any atom is 0.414 e. The first-order valence-corrected chi connectivity index (χ1v) is 8.39. The Labute approximate surface area is 138 Å². The largest absolute Gasteiger partial charge is 0.414 e. The average Bonchev–Trinajstić information content (AvgIpc) is 2.93. The van der Waals surface area contributed by atoms with E-state index in [0.717, 1.165) is 19.4 Å². The molecule has 126 valence electrons. The molecule has 3 rings (SSSR count). The first kappa shape index (κ1) is 16.1. The summed E-state index contributed by atoms with van der Waals surface area (Å²) in [5, 5.41) is 0. The van der Waals surface area contributed by atoms with Gasteiger partial charge in [-0.25, -0.2) is 4.79 Å². The van der Waals surface area contributed by atoms with E-state index in [1.54, 1.807) is 11.9 Å². The molecule has 0 bridgehead atoms. The molecule has 2 heterocycles. The van der Waals surface area contributed by atoms with E-state index in [9.17, 15) is 4.79 Å². The van der Waals surface area contributed by atoms with E-state index >= 15 is 0 Å². The minimum Gasteiger partial charge on any atom is -0.410 e. The second-order valence-electron chi connectivity index (χ2n) is 7.10. The lowest BCUT2D eigenvalue weighted by molar-refractivity contribution is 0.163. The summed E-state index contributed by atoms with van der Waals surface area (Å²) < 4.78 is 5.56. The van der Waals surface area contributed by atoms with Gasteiger partial charge in [-0.3, -0.25) is 4.90 Å². The molecule has 5 nitrogen and oxygen atoms in total. The predicted molar refractivity (Wildman–Crippen MR) is 92.2 cm³/mol. The molecular weight excluding hydrogens is 290 g/mol. The van der Waals surface area contributed by atoms with Crippen LogP contribution in [0.1, 0.15) is 32.3 Å². The van der Waals surface area contributed by atoms with Crippen LogP contribution in [0.5, 0.6) is 5.75 Å². The van der Waals surface area contributed by atoms with Gasteiger partial charge in [0.2, 0.25) is 0 Å². The zero-order valence-electron chi connectivity index (χ0n) is 14.8. The van der Waals surface area contributed by atoms with Crippen LogP contribution < -0.4 is 9.64 Å². The summed E-state index contributed by atoms with van der Waals surface area (Å²) in [5.74, 6) is 0.640. The van der Waals surface area contributed by atoms with E-state index in [0.29, 0.717) is 18.5 Å². The number of anilines is 1. The van der Waals surface area contributed by atoms with Crippen molar-refractivity contribution in [1.82, 2.24) is 9.80 Å². The van der Waals surface area contributed by atoms with E-state index in [-0.39, 0.29) is 11.5 Å². The summed E-state index contributed by atoms with van der Waals surface area (Å²) in [6, 6.07) is 6.04. The van der Waals surface area contributed by atoms with Gasteiger partial charge < -0.3 is 14.5 Å². The topological polar surface area (TPSA) is 36.0 Å². The summed E-state index contributed by atoms with van der Waals surface area (Å²) in [6.45, 7) is 6.16. The third-order valence-corrected chi connectivity index (χ3v) is 5.38. The molecule has 0 spiro atoms. The summed E-state index contributed by atoms with van der Waals surface area (Å²) >= 11 is 0. The molecule has 1 amide bonds. The number of nitrogens with zero attached hydrogens (tertiary/aromatic N) is 3. The van der Waals surface area contributed by atoms with Crippen LogP contribution in [0.4, 0.5) is 10.5 Å². The summed E-state index contributed by atoms with van der Waals surface area (Å²) in [7, 11) is 6.10. The number of likely N-dealkylation sites (tertiary alicyclic amines) is 1. The molecule has 0 N–H and O–H groups in total. The standard InChI is InChI=1S/C18H27N3O2/c1-6-10-20(4)17(22)23-13-7-8-15-14(12-13)18(2)9-11-19(3)16(18)21(15)5/h7-8,12,16H,6,9-11H2,1-5H3/t16-,18+/m1/s1. The van der Waals surface area contributed by atoms with Gasteiger partial charge in [-0.1, -0.05) is 13.8 Å². The van der Waals surface area contributed by atoms with E-state index in [1.807, 2.05) is 13.0 Å². The number of fused-ring (bicyclic) bond motifs is 3. The molecule has 1 fully saturated rings. The van der Waals surface area contributed by atoms with E-state index < -0.39 is 0 Å². The molecular formula is C18H27N3O2. The molecule has 1 aromatic carbocycles. The van der Waals surface area contributed by atoms with Crippen molar-refractivity contribution in [2.24, 2.45) is 0 Å². The first-order valence-electron chi connectivity index (χ1n) is 8.39. The van der Waals surface area contributed by atoms with Crippen molar-refractivity contribution in [2.75, 3.05) is 39.1 Å². The molecule has 0 aromatic heterocycles. The molecule has 0 radical (unpaired) electrons. The van der Waals surface area contributed by atoms with Gasteiger partial charge in [0.25, 0.3) is 0 Å². The first-order chi connectivity index (χ1) is 10.9. The molecule has 2 aliphatic rings. The Morgan fingerprint density at radius 1 is 1.43 bits per heavy atom. The number of amides is 1. The van der Waals surface area contributed by atoms with Gasteiger partial charge >= 0.3 is 6.09 Å². The van der Waals surface area contributed by atoms with Gasteiger partial charge in [-0.2, -0.15) is 0 Å². The van der Waals surface area contributed by atoms with Crippen LogP contribution in [-0.4, -0.2) is 56.3 Å². The molecule has 0 saturated carbocycles. The predicted octanol–water partition coefficient (Wildman–Crippen LogP) is 2.90. The van der Waals surface area contributed by atoms with Gasteiger partial charge in [0.15, 0.2) is 0 Å². The molecule has 1 saturated heterocycles. The Kier molecular flexibility index (Phi) is 4.00. The van der Waals surface area contributed by atoms with Gasteiger partial charge in [0.05, 0.1) is 6.17 Å².